The second kappa shape index (κ2) is 6.83. The van der Waals surface area contributed by atoms with Crippen LogP contribution in [0.3, 0.4) is 0 Å². The number of benzene rings is 2. The molecule has 0 aliphatic heterocycles. The van der Waals surface area contributed by atoms with Gasteiger partial charge in [-0.3, -0.25) is 4.79 Å². The zero-order chi connectivity index (χ0) is 19.8. The third-order valence-electron chi connectivity index (χ3n) is 4.77. The minimum absolute atomic E-state index is 0.288. The third kappa shape index (κ3) is 3.10. The second-order valence-electron chi connectivity index (χ2n) is 6.71. The highest BCUT2D eigenvalue weighted by molar-refractivity contribution is 6.12. The van der Waals surface area contributed by atoms with Gasteiger partial charge in [0.2, 0.25) is 0 Å². The largest absolute Gasteiger partial charge is 0.335 e. The molecule has 0 saturated heterocycles. The van der Waals surface area contributed by atoms with Crippen LogP contribution in [0.15, 0.2) is 77.3 Å². The number of pyridine rings is 2. The van der Waals surface area contributed by atoms with E-state index in [4.69, 9.17) is 4.52 Å². The number of nitrogens with one attached hydrogen (secondary N) is 1. The average Bonchev–Trinajstić information content (AvgIpc) is 3.14. The molecule has 0 spiro atoms. The summed E-state index contributed by atoms with van der Waals surface area (Å²) < 4.78 is 5.35. The van der Waals surface area contributed by atoms with Crippen LogP contribution in [-0.2, 0) is 0 Å². The molecule has 140 valence electrons. The lowest BCUT2D eigenvalue weighted by Crippen LogP contribution is -2.14. The molecule has 1 amide bonds. The quantitative estimate of drug-likeness (QED) is 0.476. The topological polar surface area (TPSA) is 80.9 Å². The van der Waals surface area contributed by atoms with E-state index in [9.17, 15) is 4.79 Å². The summed E-state index contributed by atoms with van der Waals surface area (Å²) in [5, 5.41) is 8.49. The second-order valence-corrected chi connectivity index (χ2v) is 6.71. The van der Waals surface area contributed by atoms with Gasteiger partial charge in [-0.15, -0.1) is 0 Å². The lowest BCUT2D eigenvalue weighted by molar-refractivity contribution is 0.102. The molecule has 0 unspecified atom stereocenters. The molecule has 1 N–H and O–H groups in total. The fourth-order valence-corrected chi connectivity index (χ4v) is 3.35. The Hall–Kier alpha value is -4.06. The summed E-state index contributed by atoms with van der Waals surface area (Å²) in [6, 6.07) is 22.9. The number of nitrogens with zero attached hydrogens (tertiary/aromatic N) is 3. The van der Waals surface area contributed by atoms with Crippen LogP contribution in [0, 0.1) is 6.92 Å². The molecule has 6 nitrogen and oxygen atoms in total. The van der Waals surface area contributed by atoms with Gasteiger partial charge >= 0.3 is 0 Å². The number of fused-ring (bicyclic) bond motifs is 2. The highest BCUT2D eigenvalue weighted by Crippen LogP contribution is 2.27. The van der Waals surface area contributed by atoms with E-state index in [2.05, 4.69) is 20.4 Å². The first-order valence-corrected chi connectivity index (χ1v) is 9.18. The summed E-state index contributed by atoms with van der Waals surface area (Å²) in [4.78, 5) is 22.2. The molecule has 5 rings (SSSR count). The highest BCUT2D eigenvalue weighted by Gasteiger charge is 2.20. The molecule has 5 aromatic rings. The van der Waals surface area contributed by atoms with Crippen molar-refractivity contribution in [3.63, 3.8) is 0 Å². The minimum atomic E-state index is -0.288. The van der Waals surface area contributed by atoms with Crippen molar-refractivity contribution in [2.75, 3.05) is 5.32 Å². The Bertz CT molecular complexity index is 1360. The van der Waals surface area contributed by atoms with Crippen molar-refractivity contribution >= 4 is 33.7 Å². The Morgan fingerprint density at radius 3 is 2.59 bits per heavy atom. The number of carbonyl (C=O) groups is 1. The van der Waals surface area contributed by atoms with Gasteiger partial charge in [-0.1, -0.05) is 53.7 Å². The molecular weight excluding hydrogens is 364 g/mol. The monoisotopic (exact) mass is 380 g/mol. The molecule has 0 radical (unpaired) electrons. The SMILES string of the molecule is Cc1noc2nc(-c3ccccc3)cc(C(=O)Nc3ccc4ccccc4n3)c12. The maximum absolute atomic E-state index is 13.1. The van der Waals surface area contributed by atoms with Gasteiger partial charge in [0.1, 0.15) is 5.82 Å². The van der Waals surface area contributed by atoms with E-state index in [1.54, 1.807) is 19.1 Å². The van der Waals surface area contributed by atoms with E-state index in [1.165, 1.54) is 0 Å². The van der Waals surface area contributed by atoms with E-state index in [0.717, 1.165) is 16.5 Å². The summed E-state index contributed by atoms with van der Waals surface area (Å²) in [5.74, 6) is 0.192. The van der Waals surface area contributed by atoms with Crippen molar-refractivity contribution in [3.05, 3.63) is 84.1 Å². The lowest BCUT2D eigenvalue weighted by atomic mass is 10.1. The van der Waals surface area contributed by atoms with E-state index in [-0.39, 0.29) is 5.91 Å². The number of anilines is 1. The number of rotatable bonds is 3. The first kappa shape index (κ1) is 17.1. The predicted octanol–water partition coefficient (Wildman–Crippen LogP) is 5.00. The number of hydrogen-bond acceptors (Lipinski definition) is 5. The van der Waals surface area contributed by atoms with Crippen LogP contribution in [0.5, 0.6) is 0 Å². The Labute approximate surface area is 166 Å². The fraction of sp³-hybridized carbons (Fsp3) is 0.0435. The van der Waals surface area contributed by atoms with E-state index in [1.807, 2.05) is 60.7 Å². The van der Waals surface area contributed by atoms with Gasteiger partial charge < -0.3 is 9.84 Å². The Balaban J connectivity index is 1.58. The highest BCUT2D eigenvalue weighted by atomic mass is 16.5. The van der Waals surface area contributed by atoms with Crippen LogP contribution in [0.1, 0.15) is 16.1 Å². The summed E-state index contributed by atoms with van der Waals surface area (Å²) in [5.41, 5.74) is 3.75. The van der Waals surface area contributed by atoms with Crippen molar-refractivity contribution in [1.29, 1.82) is 0 Å². The van der Waals surface area contributed by atoms with Crippen LogP contribution < -0.4 is 5.32 Å². The normalized spacial score (nSPS) is 11.1. The minimum Gasteiger partial charge on any atom is -0.335 e. The first-order valence-electron chi connectivity index (χ1n) is 9.18. The summed E-state index contributed by atoms with van der Waals surface area (Å²) in [6.07, 6.45) is 0. The van der Waals surface area contributed by atoms with Gasteiger partial charge in [-0.2, -0.15) is 0 Å². The Kier molecular flexibility index (Phi) is 4.02. The maximum Gasteiger partial charge on any atom is 0.259 e. The molecule has 3 aromatic heterocycles. The number of amides is 1. The van der Waals surface area contributed by atoms with Gasteiger partial charge in [0.15, 0.2) is 0 Å². The smallest absolute Gasteiger partial charge is 0.259 e. The molecule has 0 fully saturated rings. The molecule has 0 atom stereocenters. The first-order chi connectivity index (χ1) is 14.2. The number of aromatic nitrogens is 3. The molecule has 0 aliphatic carbocycles. The van der Waals surface area contributed by atoms with E-state index in [0.29, 0.717) is 33.9 Å². The average molecular weight is 380 g/mol. The van der Waals surface area contributed by atoms with E-state index < -0.39 is 0 Å². The predicted molar refractivity (Wildman–Crippen MR) is 112 cm³/mol. The molecule has 29 heavy (non-hydrogen) atoms. The van der Waals surface area contributed by atoms with Crippen molar-refractivity contribution in [2.45, 2.75) is 6.92 Å². The molecule has 0 saturated carbocycles. The van der Waals surface area contributed by atoms with Gasteiger partial charge in [-0.25, -0.2) is 9.97 Å². The van der Waals surface area contributed by atoms with Crippen molar-refractivity contribution in [1.82, 2.24) is 15.1 Å². The number of aryl methyl sites for hydroxylation is 1. The van der Waals surface area contributed by atoms with Crippen LogP contribution in [-0.4, -0.2) is 21.0 Å². The number of carbonyl (C=O) groups excluding carboxylic acids is 1. The molecule has 0 bridgehead atoms. The molecular formula is C23H16N4O2. The van der Waals surface area contributed by atoms with Crippen molar-refractivity contribution in [2.24, 2.45) is 0 Å². The van der Waals surface area contributed by atoms with Gasteiger partial charge in [0.05, 0.1) is 27.9 Å². The zero-order valence-electron chi connectivity index (χ0n) is 15.6. The molecule has 0 aliphatic rings. The van der Waals surface area contributed by atoms with Gasteiger partial charge in [0, 0.05) is 10.9 Å². The molecule has 2 aromatic carbocycles. The van der Waals surface area contributed by atoms with Gasteiger partial charge in [0.25, 0.3) is 11.6 Å². The van der Waals surface area contributed by atoms with Crippen molar-refractivity contribution in [3.8, 4) is 11.3 Å². The Morgan fingerprint density at radius 1 is 0.931 bits per heavy atom. The third-order valence-corrected chi connectivity index (χ3v) is 4.77. The van der Waals surface area contributed by atoms with E-state index >= 15 is 0 Å². The summed E-state index contributed by atoms with van der Waals surface area (Å²) in [7, 11) is 0. The van der Waals surface area contributed by atoms with Crippen LogP contribution in [0.4, 0.5) is 5.82 Å². The summed E-state index contributed by atoms with van der Waals surface area (Å²) >= 11 is 0. The van der Waals surface area contributed by atoms with Crippen LogP contribution in [0.25, 0.3) is 33.3 Å². The van der Waals surface area contributed by atoms with Crippen LogP contribution >= 0.6 is 0 Å². The fourth-order valence-electron chi connectivity index (χ4n) is 3.35. The van der Waals surface area contributed by atoms with Crippen LogP contribution in [0.2, 0.25) is 0 Å². The molecule has 3 heterocycles. The number of hydrogen-bond donors (Lipinski definition) is 1. The lowest BCUT2D eigenvalue weighted by Gasteiger charge is -2.08. The molecule has 6 heteroatoms. The number of para-hydroxylation sites is 1. The zero-order valence-corrected chi connectivity index (χ0v) is 15.6. The standard InChI is InChI=1S/C23H16N4O2/c1-14-21-17(13-19(25-23(21)29-27-14)15-7-3-2-4-8-15)22(28)26-20-12-11-16-9-5-6-10-18(16)24-20/h2-13H,1H3,(H,24,26,28). The maximum atomic E-state index is 13.1. The van der Waals surface area contributed by atoms with Crippen molar-refractivity contribution < 1.29 is 9.32 Å². The Morgan fingerprint density at radius 2 is 1.72 bits per heavy atom. The van der Waals surface area contributed by atoms with Gasteiger partial charge in [-0.05, 0) is 31.2 Å². The summed E-state index contributed by atoms with van der Waals surface area (Å²) in [6.45, 7) is 1.79.